The van der Waals surface area contributed by atoms with Gasteiger partial charge < -0.3 is 9.64 Å². The molecule has 2 aliphatic rings. The zero-order valence-electron chi connectivity index (χ0n) is 16.7. The molecule has 2 aliphatic heterocycles. The highest BCUT2D eigenvalue weighted by Gasteiger charge is 2.26. The predicted molar refractivity (Wildman–Crippen MR) is 109 cm³/mol. The fourth-order valence-corrected chi connectivity index (χ4v) is 4.31. The van der Waals surface area contributed by atoms with Crippen LogP contribution in [0.2, 0.25) is 0 Å². The molecule has 2 fully saturated rings. The van der Waals surface area contributed by atoms with Crippen molar-refractivity contribution < 1.29 is 4.74 Å². The lowest BCUT2D eigenvalue weighted by Crippen LogP contribution is -2.46. The lowest BCUT2D eigenvalue weighted by molar-refractivity contribution is -0.00575. The van der Waals surface area contributed by atoms with Gasteiger partial charge in [0.25, 0.3) is 5.56 Å². The molecule has 4 rings (SSSR count). The van der Waals surface area contributed by atoms with Crippen LogP contribution in [-0.4, -0.2) is 58.2 Å². The number of morpholine rings is 1. The number of hydrogen-bond donors (Lipinski definition) is 1. The number of aromatic amines is 1. The molecule has 28 heavy (non-hydrogen) atoms. The highest BCUT2D eigenvalue weighted by molar-refractivity contribution is 5.32. The molecule has 150 valence electrons. The van der Waals surface area contributed by atoms with Gasteiger partial charge in [0.15, 0.2) is 0 Å². The SMILES string of the molecule is C[C@@H]1CN(c2nc(C3CCN(Cc4cccnc4)CC3)cc(=O)[nH]2)C[C@H](C)O1. The van der Waals surface area contributed by atoms with Crippen LogP contribution in [0.15, 0.2) is 35.4 Å². The number of ether oxygens (including phenoxy) is 1. The highest BCUT2D eigenvalue weighted by atomic mass is 16.5. The fourth-order valence-electron chi connectivity index (χ4n) is 4.31. The Morgan fingerprint density at radius 1 is 1.21 bits per heavy atom. The molecular weight excluding hydrogens is 354 g/mol. The molecule has 7 nitrogen and oxygen atoms in total. The minimum absolute atomic E-state index is 0.0652. The van der Waals surface area contributed by atoms with Crippen molar-refractivity contribution in [1.82, 2.24) is 19.9 Å². The summed E-state index contributed by atoms with van der Waals surface area (Å²) < 4.78 is 5.80. The molecule has 0 spiro atoms. The van der Waals surface area contributed by atoms with Gasteiger partial charge in [-0.25, -0.2) is 4.98 Å². The van der Waals surface area contributed by atoms with Crippen molar-refractivity contribution in [2.75, 3.05) is 31.1 Å². The third-order valence-electron chi connectivity index (χ3n) is 5.60. The zero-order valence-corrected chi connectivity index (χ0v) is 16.7. The summed E-state index contributed by atoms with van der Waals surface area (Å²) in [6, 6.07) is 5.78. The lowest BCUT2D eigenvalue weighted by atomic mass is 9.93. The fraction of sp³-hybridized carbons (Fsp3) is 0.571. The van der Waals surface area contributed by atoms with E-state index >= 15 is 0 Å². The number of hydrogen-bond acceptors (Lipinski definition) is 6. The number of nitrogens with zero attached hydrogens (tertiary/aromatic N) is 4. The molecule has 0 amide bonds. The molecule has 0 unspecified atom stereocenters. The summed E-state index contributed by atoms with van der Waals surface area (Å²) in [5.41, 5.74) is 2.10. The number of pyridine rings is 1. The molecule has 2 atom stereocenters. The van der Waals surface area contributed by atoms with Gasteiger partial charge in [-0.15, -0.1) is 0 Å². The zero-order chi connectivity index (χ0) is 19.5. The maximum Gasteiger partial charge on any atom is 0.252 e. The predicted octanol–water partition coefficient (Wildman–Crippen LogP) is 2.16. The molecule has 0 saturated carbocycles. The Labute approximate surface area is 165 Å². The Morgan fingerprint density at radius 2 is 1.96 bits per heavy atom. The van der Waals surface area contributed by atoms with Crippen molar-refractivity contribution in [1.29, 1.82) is 0 Å². The Bertz CT molecular complexity index is 822. The summed E-state index contributed by atoms with van der Waals surface area (Å²) >= 11 is 0. The Balaban J connectivity index is 1.42. The van der Waals surface area contributed by atoms with E-state index in [9.17, 15) is 4.79 Å². The van der Waals surface area contributed by atoms with Gasteiger partial charge in [0.05, 0.1) is 17.9 Å². The third-order valence-corrected chi connectivity index (χ3v) is 5.60. The summed E-state index contributed by atoms with van der Waals surface area (Å²) in [6.45, 7) is 8.56. The smallest absolute Gasteiger partial charge is 0.252 e. The van der Waals surface area contributed by atoms with Crippen LogP contribution in [0.4, 0.5) is 5.95 Å². The van der Waals surface area contributed by atoms with E-state index in [2.05, 4.69) is 39.7 Å². The summed E-state index contributed by atoms with van der Waals surface area (Å²) in [5, 5.41) is 0. The number of anilines is 1. The molecule has 1 N–H and O–H groups in total. The van der Waals surface area contributed by atoms with E-state index in [1.165, 1.54) is 5.56 Å². The van der Waals surface area contributed by atoms with Gasteiger partial charge in [-0.05, 0) is 51.4 Å². The van der Waals surface area contributed by atoms with E-state index in [1.54, 1.807) is 6.07 Å². The van der Waals surface area contributed by atoms with Crippen molar-refractivity contribution >= 4 is 5.95 Å². The minimum Gasteiger partial charge on any atom is -0.372 e. The van der Waals surface area contributed by atoms with Crippen LogP contribution in [0.5, 0.6) is 0 Å². The molecule has 2 aromatic heterocycles. The summed E-state index contributed by atoms with van der Waals surface area (Å²) in [6.07, 6.45) is 6.04. The van der Waals surface area contributed by atoms with E-state index in [-0.39, 0.29) is 17.8 Å². The molecule has 0 radical (unpaired) electrons. The van der Waals surface area contributed by atoms with E-state index in [4.69, 9.17) is 9.72 Å². The van der Waals surface area contributed by atoms with E-state index in [0.29, 0.717) is 11.9 Å². The van der Waals surface area contributed by atoms with Gasteiger partial charge in [-0.2, -0.15) is 0 Å². The second-order valence-electron chi connectivity index (χ2n) is 8.07. The normalized spacial score (nSPS) is 24.4. The lowest BCUT2D eigenvalue weighted by Gasteiger charge is -2.36. The van der Waals surface area contributed by atoms with Gasteiger partial charge in [0, 0.05) is 44.0 Å². The van der Waals surface area contributed by atoms with Crippen LogP contribution in [0.1, 0.15) is 43.9 Å². The monoisotopic (exact) mass is 383 g/mol. The second-order valence-corrected chi connectivity index (χ2v) is 8.07. The average Bonchev–Trinajstić information content (AvgIpc) is 2.68. The summed E-state index contributed by atoms with van der Waals surface area (Å²) in [4.78, 5) is 28.9. The van der Waals surface area contributed by atoms with Crippen molar-refractivity contribution in [3.8, 4) is 0 Å². The van der Waals surface area contributed by atoms with Crippen LogP contribution in [0.25, 0.3) is 0 Å². The first-order valence-electron chi connectivity index (χ1n) is 10.2. The Kier molecular flexibility index (Phi) is 5.73. The molecule has 0 bridgehead atoms. The van der Waals surface area contributed by atoms with E-state index in [0.717, 1.165) is 51.3 Å². The first kappa shape index (κ1) is 19.1. The number of rotatable bonds is 4. The average molecular weight is 383 g/mol. The van der Waals surface area contributed by atoms with Crippen molar-refractivity contribution in [2.45, 2.75) is 51.4 Å². The van der Waals surface area contributed by atoms with Crippen LogP contribution >= 0.6 is 0 Å². The minimum atomic E-state index is -0.0652. The van der Waals surface area contributed by atoms with Crippen LogP contribution in [0, 0.1) is 0 Å². The number of nitrogens with one attached hydrogen (secondary N) is 1. The topological polar surface area (TPSA) is 74.4 Å². The van der Waals surface area contributed by atoms with Crippen molar-refractivity contribution in [3.05, 3.63) is 52.2 Å². The molecular formula is C21H29N5O2. The first-order chi connectivity index (χ1) is 13.6. The number of aromatic nitrogens is 3. The van der Waals surface area contributed by atoms with Gasteiger partial charge in [0.1, 0.15) is 0 Å². The van der Waals surface area contributed by atoms with Crippen LogP contribution in [-0.2, 0) is 11.3 Å². The van der Waals surface area contributed by atoms with Gasteiger partial charge >= 0.3 is 0 Å². The van der Waals surface area contributed by atoms with Gasteiger partial charge in [-0.3, -0.25) is 19.7 Å². The molecule has 0 aromatic carbocycles. The standard InChI is InChI=1S/C21H29N5O2/c1-15-12-26(13-16(2)28-15)21-23-19(10-20(27)24-21)18-5-8-25(9-6-18)14-17-4-3-7-22-11-17/h3-4,7,10-11,15-16,18H,5-6,8-9,12-14H2,1-2H3,(H,23,24,27)/t15-,16+. The number of H-pyrrole nitrogens is 1. The van der Waals surface area contributed by atoms with E-state index in [1.807, 2.05) is 18.5 Å². The van der Waals surface area contributed by atoms with Crippen molar-refractivity contribution in [3.63, 3.8) is 0 Å². The Hall–Kier alpha value is -2.25. The first-order valence-corrected chi connectivity index (χ1v) is 10.2. The maximum atomic E-state index is 12.3. The molecule has 4 heterocycles. The largest absolute Gasteiger partial charge is 0.372 e. The van der Waals surface area contributed by atoms with E-state index < -0.39 is 0 Å². The number of piperidine rings is 1. The quantitative estimate of drug-likeness (QED) is 0.872. The van der Waals surface area contributed by atoms with Crippen LogP contribution in [0.3, 0.4) is 0 Å². The van der Waals surface area contributed by atoms with Gasteiger partial charge in [0.2, 0.25) is 5.95 Å². The highest BCUT2D eigenvalue weighted by Crippen LogP contribution is 2.28. The molecule has 7 heteroatoms. The number of likely N-dealkylation sites (tertiary alicyclic amines) is 1. The molecule has 2 aromatic rings. The molecule has 0 aliphatic carbocycles. The van der Waals surface area contributed by atoms with Crippen LogP contribution < -0.4 is 10.5 Å². The van der Waals surface area contributed by atoms with Gasteiger partial charge in [-0.1, -0.05) is 6.07 Å². The maximum absolute atomic E-state index is 12.3. The summed E-state index contributed by atoms with van der Waals surface area (Å²) in [5.74, 6) is 1.02. The Morgan fingerprint density at radius 3 is 2.64 bits per heavy atom. The summed E-state index contributed by atoms with van der Waals surface area (Å²) in [7, 11) is 0. The third kappa shape index (κ3) is 4.59. The second kappa shape index (κ2) is 8.41. The molecule has 2 saturated heterocycles. The van der Waals surface area contributed by atoms with Crippen molar-refractivity contribution in [2.24, 2.45) is 0 Å².